The molecular weight excluding hydrogens is 342 g/mol. The molecule has 3 aromatic rings. The van der Waals surface area contributed by atoms with Gasteiger partial charge in [-0.15, -0.1) is 0 Å². The van der Waals surface area contributed by atoms with Gasteiger partial charge in [0.05, 0.1) is 19.9 Å². The maximum absolute atomic E-state index is 11.8. The molecule has 0 atom stereocenters. The molecule has 0 saturated heterocycles. The first kappa shape index (κ1) is 18.5. The number of rotatable bonds is 6. The van der Waals surface area contributed by atoms with Crippen LogP contribution in [-0.4, -0.2) is 23.8 Å². The summed E-state index contributed by atoms with van der Waals surface area (Å²) >= 11 is 0. The van der Waals surface area contributed by atoms with Gasteiger partial charge in [-0.2, -0.15) is 0 Å². The maximum Gasteiger partial charge on any atom is 0.254 e. The number of hydrogen-bond acceptors (Lipinski definition) is 5. The molecule has 27 heavy (non-hydrogen) atoms. The molecule has 3 rings (SSSR count). The van der Waals surface area contributed by atoms with Crippen LogP contribution in [-0.2, 0) is 19.9 Å². The van der Waals surface area contributed by atoms with Crippen LogP contribution in [0.4, 0.5) is 5.95 Å². The van der Waals surface area contributed by atoms with Gasteiger partial charge >= 0.3 is 0 Å². The van der Waals surface area contributed by atoms with Crippen LogP contribution in [0.2, 0.25) is 0 Å². The van der Waals surface area contributed by atoms with Crippen molar-refractivity contribution in [2.45, 2.75) is 12.8 Å². The van der Waals surface area contributed by atoms with Crippen LogP contribution in [0.5, 0.6) is 11.5 Å². The molecule has 0 aliphatic carbocycles. The lowest BCUT2D eigenvalue weighted by molar-refractivity contribution is 0.355. The minimum absolute atomic E-state index is 0.138. The molecule has 1 aromatic heterocycles. The van der Waals surface area contributed by atoms with E-state index in [9.17, 15) is 4.79 Å². The van der Waals surface area contributed by atoms with Crippen molar-refractivity contribution in [2.24, 2.45) is 7.05 Å². The fourth-order valence-electron chi connectivity index (χ4n) is 2.89. The summed E-state index contributed by atoms with van der Waals surface area (Å²) in [5, 5.41) is 0. The Morgan fingerprint density at radius 2 is 1.59 bits per heavy atom. The minimum Gasteiger partial charge on any atom is -0.493 e. The van der Waals surface area contributed by atoms with Crippen LogP contribution < -0.4 is 20.8 Å². The number of nitrogens with two attached hydrogens (primary N) is 1. The molecule has 6 heteroatoms. The lowest BCUT2D eigenvalue weighted by Gasteiger charge is -2.10. The highest BCUT2D eigenvalue weighted by atomic mass is 16.5. The summed E-state index contributed by atoms with van der Waals surface area (Å²) in [6, 6.07) is 15.7. The normalized spacial score (nSPS) is 10.6. The summed E-state index contributed by atoms with van der Waals surface area (Å²) in [5.74, 6) is 1.65. The second kappa shape index (κ2) is 7.95. The highest BCUT2D eigenvalue weighted by molar-refractivity contribution is 5.67. The quantitative estimate of drug-likeness (QED) is 0.727. The lowest BCUT2D eigenvalue weighted by Crippen LogP contribution is -2.21. The van der Waals surface area contributed by atoms with Gasteiger partial charge in [0.15, 0.2) is 11.5 Å². The summed E-state index contributed by atoms with van der Waals surface area (Å²) in [6.07, 6.45) is 1.45. The third kappa shape index (κ3) is 4.11. The minimum atomic E-state index is -0.138. The number of benzene rings is 2. The SMILES string of the molecule is COc1ccc(-c2ccc(CCc3cc(=O)n(C)c(N)n3)cc2)cc1OC. The molecular formula is C21H23N3O3. The molecule has 0 amide bonds. The Kier molecular flexibility index (Phi) is 5.45. The van der Waals surface area contributed by atoms with Crippen LogP contribution >= 0.6 is 0 Å². The zero-order valence-corrected chi connectivity index (χ0v) is 15.7. The smallest absolute Gasteiger partial charge is 0.254 e. The Morgan fingerprint density at radius 3 is 2.22 bits per heavy atom. The molecule has 0 unspecified atom stereocenters. The highest BCUT2D eigenvalue weighted by Crippen LogP contribution is 2.32. The third-order valence-electron chi connectivity index (χ3n) is 4.56. The molecule has 0 bridgehead atoms. The largest absolute Gasteiger partial charge is 0.493 e. The van der Waals surface area contributed by atoms with E-state index < -0.39 is 0 Å². The number of methoxy groups -OCH3 is 2. The summed E-state index contributed by atoms with van der Waals surface area (Å²) in [6.45, 7) is 0. The van der Waals surface area contributed by atoms with Crippen LogP contribution in [0.1, 0.15) is 11.3 Å². The fraction of sp³-hybridized carbons (Fsp3) is 0.238. The molecule has 140 valence electrons. The van der Waals surface area contributed by atoms with Crippen LogP contribution in [0.3, 0.4) is 0 Å². The Bertz CT molecular complexity index is 995. The standard InChI is InChI=1S/C21H23N3O3/c1-24-20(25)13-17(23-21(24)22)10-6-14-4-7-15(8-5-14)16-9-11-18(26-2)19(12-16)27-3/h4-5,7-9,11-13H,6,10H2,1-3H3,(H2,22,23). The van der Waals surface area contributed by atoms with Gasteiger partial charge in [0.2, 0.25) is 5.95 Å². The summed E-state index contributed by atoms with van der Waals surface area (Å²) in [5.41, 5.74) is 9.64. The summed E-state index contributed by atoms with van der Waals surface area (Å²) in [7, 11) is 4.86. The average Bonchev–Trinajstić information content (AvgIpc) is 2.70. The van der Waals surface area contributed by atoms with Gasteiger partial charge in [-0.25, -0.2) is 4.98 Å². The van der Waals surface area contributed by atoms with E-state index in [1.165, 1.54) is 16.2 Å². The first-order valence-corrected chi connectivity index (χ1v) is 8.65. The third-order valence-corrected chi connectivity index (χ3v) is 4.56. The Labute approximate surface area is 158 Å². The molecule has 6 nitrogen and oxygen atoms in total. The lowest BCUT2D eigenvalue weighted by atomic mass is 10.0. The molecule has 0 saturated carbocycles. The van der Waals surface area contributed by atoms with Crippen LogP contribution in [0.25, 0.3) is 11.1 Å². The van der Waals surface area contributed by atoms with E-state index >= 15 is 0 Å². The molecule has 0 fully saturated rings. The van der Waals surface area contributed by atoms with Crippen molar-refractivity contribution in [3.8, 4) is 22.6 Å². The Balaban J connectivity index is 1.73. The van der Waals surface area contributed by atoms with Crippen molar-refractivity contribution in [1.82, 2.24) is 9.55 Å². The average molecular weight is 365 g/mol. The van der Waals surface area contributed by atoms with Gasteiger partial charge in [-0.1, -0.05) is 30.3 Å². The fourth-order valence-corrected chi connectivity index (χ4v) is 2.89. The van der Waals surface area contributed by atoms with E-state index in [-0.39, 0.29) is 11.5 Å². The van der Waals surface area contributed by atoms with Crippen molar-refractivity contribution in [2.75, 3.05) is 20.0 Å². The topological polar surface area (TPSA) is 79.4 Å². The molecule has 0 aliphatic heterocycles. The van der Waals surface area contributed by atoms with Crippen molar-refractivity contribution in [1.29, 1.82) is 0 Å². The van der Waals surface area contributed by atoms with Gasteiger partial charge in [0, 0.05) is 13.1 Å². The molecule has 0 aliphatic rings. The first-order valence-electron chi connectivity index (χ1n) is 8.65. The van der Waals surface area contributed by atoms with E-state index in [4.69, 9.17) is 15.2 Å². The number of nitrogens with zero attached hydrogens (tertiary/aromatic N) is 2. The van der Waals surface area contributed by atoms with Gasteiger partial charge in [-0.05, 0) is 41.7 Å². The number of hydrogen-bond donors (Lipinski definition) is 1. The van der Waals surface area contributed by atoms with Crippen molar-refractivity contribution < 1.29 is 9.47 Å². The van der Waals surface area contributed by atoms with E-state index in [2.05, 4.69) is 29.2 Å². The van der Waals surface area contributed by atoms with Crippen molar-refractivity contribution >= 4 is 5.95 Å². The molecule has 2 N–H and O–H groups in total. The first-order chi connectivity index (χ1) is 13.0. The van der Waals surface area contributed by atoms with Gasteiger partial charge in [-0.3, -0.25) is 9.36 Å². The maximum atomic E-state index is 11.8. The van der Waals surface area contributed by atoms with Crippen LogP contribution in [0.15, 0.2) is 53.3 Å². The Hall–Kier alpha value is -3.28. The zero-order valence-electron chi connectivity index (χ0n) is 15.7. The van der Waals surface area contributed by atoms with Crippen molar-refractivity contribution in [3.63, 3.8) is 0 Å². The summed E-state index contributed by atoms with van der Waals surface area (Å²) < 4.78 is 12.0. The van der Waals surface area contributed by atoms with Gasteiger partial charge in [0.25, 0.3) is 5.56 Å². The second-order valence-corrected chi connectivity index (χ2v) is 6.27. The zero-order chi connectivity index (χ0) is 19.4. The molecule has 0 radical (unpaired) electrons. The van der Waals surface area contributed by atoms with E-state index in [1.807, 2.05) is 18.2 Å². The summed E-state index contributed by atoms with van der Waals surface area (Å²) in [4.78, 5) is 16.1. The number of aromatic nitrogens is 2. The molecule has 1 heterocycles. The van der Waals surface area contributed by atoms with Crippen molar-refractivity contribution in [3.05, 3.63) is 70.1 Å². The monoisotopic (exact) mass is 365 g/mol. The van der Waals surface area contributed by atoms with E-state index in [0.717, 1.165) is 17.5 Å². The molecule has 0 spiro atoms. The molecule has 2 aromatic carbocycles. The van der Waals surface area contributed by atoms with E-state index in [0.29, 0.717) is 23.6 Å². The number of aryl methyl sites for hydroxylation is 2. The number of ether oxygens (including phenoxy) is 2. The van der Waals surface area contributed by atoms with Crippen LogP contribution in [0, 0.1) is 0 Å². The van der Waals surface area contributed by atoms with Gasteiger partial charge in [0.1, 0.15) is 0 Å². The number of anilines is 1. The number of nitrogen functional groups attached to an aromatic ring is 1. The highest BCUT2D eigenvalue weighted by Gasteiger charge is 2.07. The van der Waals surface area contributed by atoms with E-state index in [1.54, 1.807) is 21.3 Å². The Morgan fingerprint density at radius 1 is 0.926 bits per heavy atom. The predicted molar refractivity (Wildman–Crippen MR) is 106 cm³/mol. The predicted octanol–water partition coefficient (Wildman–Crippen LogP) is 2.83. The second-order valence-electron chi connectivity index (χ2n) is 6.27. The van der Waals surface area contributed by atoms with Gasteiger partial charge < -0.3 is 15.2 Å².